The minimum Gasteiger partial charge on any atom is -0.490 e. The molecule has 1 heterocycles. The second-order valence-corrected chi connectivity index (χ2v) is 4.30. The van der Waals surface area contributed by atoms with Crippen molar-refractivity contribution in [3.8, 4) is 11.5 Å². The van der Waals surface area contributed by atoms with Crippen LogP contribution in [0.1, 0.15) is 6.92 Å². The Kier molecular flexibility index (Phi) is 5.01. The van der Waals surface area contributed by atoms with Crippen molar-refractivity contribution in [2.45, 2.75) is 13.5 Å². The third-order valence-corrected chi connectivity index (χ3v) is 2.87. The molecule has 0 atom stereocenters. The zero-order chi connectivity index (χ0) is 14.4. The average molecular weight is 295 g/mol. The lowest BCUT2D eigenvalue weighted by Crippen LogP contribution is -2.23. The van der Waals surface area contributed by atoms with E-state index in [9.17, 15) is 4.79 Å². The molecule has 0 aliphatic carbocycles. The number of benzene rings is 1. The molecule has 0 unspecified atom stereocenters. The van der Waals surface area contributed by atoms with Gasteiger partial charge in [-0.1, -0.05) is 23.7 Å². The van der Waals surface area contributed by atoms with Crippen LogP contribution in [0.15, 0.2) is 41.5 Å². The fourth-order valence-corrected chi connectivity index (χ4v) is 1.86. The largest absolute Gasteiger partial charge is 0.490 e. The van der Waals surface area contributed by atoms with Crippen LogP contribution < -0.4 is 15.0 Å². The number of hydrogen-bond donors (Lipinski definition) is 0. The summed E-state index contributed by atoms with van der Waals surface area (Å²) < 4.78 is 12.6. The molecule has 0 N–H and O–H groups in total. The number of para-hydroxylation sites is 2. The van der Waals surface area contributed by atoms with Gasteiger partial charge in [0.1, 0.15) is 6.61 Å². The van der Waals surface area contributed by atoms with Crippen LogP contribution in [0, 0.1) is 0 Å². The van der Waals surface area contributed by atoms with Crippen molar-refractivity contribution in [2.75, 3.05) is 13.2 Å². The quantitative estimate of drug-likeness (QED) is 0.821. The molecule has 0 saturated heterocycles. The molecule has 2 aromatic rings. The molecule has 0 fully saturated rings. The summed E-state index contributed by atoms with van der Waals surface area (Å²) in [5, 5.41) is -0.0396. The van der Waals surface area contributed by atoms with Crippen molar-refractivity contribution in [1.82, 2.24) is 9.55 Å². The molecule has 1 aromatic carbocycles. The SMILES string of the molecule is CCOc1ccccc1OCCn1ccnc(Cl)c1=O. The second-order valence-electron chi connectivity index (χ2n) is 3.94. The Morgan fingerprint density at radius 2 is 1.95 bits per heavy atom. The maximum absolute atomic E-state index is 11.7. The molecule has 6 heteroatoms. The second kappa shape index (κ2) is 6.96. The van der Waals surface area contributed by atoms with Gasteiger partial charge < -0.3 is 14.0 Å². The van der Waals surface area contributed by atoms with Crippen LogP contribution in [0.3, 0.4) is 0 Å². The van der Waals surface area contributed by atoms with Crippen LogP contribution in [0.2, 0.25) is 5.15 Å². The van der Waals surface area contributed by atoms with E-state index in [0.29, 0.717) is 31.3 Å². The molecule has 0 bridgehead atoms. The van der Waals surface area contributed by atoms with Gasteiger partial charge in [0, 0.05) is 12.4 Å². The van der Waals surface area contributed by atoms with Gasteiger partial charge in [-0.05, 0) is 19.1 Å². The third-order valence-electron chi connectivity index (χ3n) is 2.61. The Morgan fingerprint density at radius 3 is 2.65 bits per heavy atom. The molecule has 0 aliphatic rings. The Balaban J connectivity index is 1.99. The number of nitrogens with zero attached hydrogens (tertiary/aromatic N) is 2. The smallest absolute Gasteiger partial charge is 0.288 e. The van der Waals surface area contributed by atoms with Crippen molar-refractivity contribution in [2.24, 2.45) is 0 Å². The minimum atomic E-state index is -0.323. The van der Waals surface area contributed by atoms with Gasteiger partial charge in [-0.3, -0.25) is 4.79 Å². The zero-order valence-electron chi connectivity index (χ0n) is 11.1. The first kappa shape index (κ1) is 14.4. The van der Waals surface area contributed by atoms with E-state index in [1.54, 1.807) is 6.20 Å². The molecule has 20 heavy (non-hydrogen) atoms. The first-order chi connectivity index (χ1) is 9.72. The summed E-state index contributed by atoms with van der Waals surface area (Å²) >= 11 is 5.67. The first-order valence-corrected chi connectivity index (χ1v) is 6.65. The predicted molar refractivity (Wildman–Crippen MR) is 76.6 cm³/mol. The van der Waals surface area contributed by atoms with Crippen molar-refractivity contribution >= 4 is 11.6 Å². The number of ether oxygens (including phenoxy) is 2. The van der Waals surface area contributed by atoms with Gasteiger partial charge in [-0.2, -0.15) is 0 Å². The van der Waals surface area contributed by atoms with Crippen LogP contribution in [-0.2, 0) is 6.54 Å². The Bertz CT molecular complexity index is 628. The molecule has 1 aromatic heterocycles. The van der Waals surface area contributed by atoms with Crippen LogP contribution in [0.25, 0.3) is 0 Å². The minimum absolute atomic E-state index is 0.0396. The van der Waals surface area contributed by atoms with Gasteiger partial charge in [-0.15, -0.1) is 0 Å². The lowest BCUT2D eigenvalue weighted by atomic mass is 10.3. The zero-order valence-corrected chi connectivity index (χ0v) is 11.8. The molecule has 0 saturated carbocycles. The highest BCUT2D eigenvalue weighted by molar-refractivity contribution is 6.29. The first-order valence-electron chi connectivity index (χ1n) is 6.28. The lowest BCUT2D eigenvalue weighted by Gasteiger charge is -2.12. The summed E-state index contributed by atoms with van der Waals surface area (Å²) in [6.07, 6.45) is 3.06. The van der Waals surface area contributed by atoms with Gasteiger partial charge in [0.15, 0.2) is 16.7 Å². The molecule has 2 rings (SSSR count). The van der Waals surface area contributed by atoms with E-state index in [2.05, 4.69) is 4.98 Å². The highest BCUT2D eigenvalue weighted by atomic mass is 35.5. The van der Waals surface area contributed by atoms with Crippen molar-refractivity contribution < 1.29 is 9.47 Å². The summed E-state index contributed by atoms with van der Waals surface area (Å²) in [4.78, 5) is 15.4. The van der Waals surface area contributed by atoms with E-state index >= 15 is 0 Å². The van der Waals surface area contributed by atoms with Gasteiger partial charge in [0.25, 0.3) is 5.56 Å². The van der Waals surface area contributed by atoms with Crippen LogP contribution in [-0.4, -0.2) is 22.8 Å². The number of aromatic nitrogens is 2. The molecule has 0 spiro atoms. The van der Waals surface area contributed by atoms with Crippen molar-refractivity contribution in [3.63, 3.8) is 0 Å². The van der Waals surface area contributed by atoms with E-state index in [0.717, 1.165) is 0 Å². The maximum Gasteiger partial charge on any atom is 0.288 e. The summed E-state index contributed by atoms with van der Waals surface area (Å²) in [6, 6.07) is 7.42. The molecular weight excluding hydrogens is 280 g/mol. The summed E-state index contributed by atoms with van der Waals surface area (Å²) in [5.41, 5.74) is -0.323. The topological polar surface area (TPSA) is 53.4 Å². The third kappa shape index (κ3) is 3.51. The summed E-state index contributed by atoms with van der Waals surface area (Å²) in [7, 11) is 0. The molecule has 0 radical (unpaired) electrons. The molecule has 0 aliphatic heterocycles. The number of rotatable bonds is 6. The Morgan fingerprint density at radius 1 is 1.25 bits per heavy atom. The van der Waals surface area contributed by atoms with E-state index in [-0.39, 0.29) is 10.7 Å². The van der Waals surface area contributed by atoms with Crippen molar-refractivity contribution in [3.05, 3.63) is 52.2 Å². The molecule has 0 amide bonds. The summed E-state index contributed by atoms with van der Waals surface area (Å²) in [5.74, 6) is 1.35. The van der Waals surface area contributed by atoms with Gasteiger partial charge in [0.05, 0.1) is 13.2 Å². The van der Waals surface area contributed by atoms with Crippen LogP contribution in [0.4, 0.5) is 0 Å². The van der Waals surface area contributed by atoms with Crippen molar-refractivity contribution in [1.29, 1.82) is 0 Å². The Hall–Kier alpha value is -2.01. The van der Waals surface area contributed by atoms with E-state index in [1.807, 2.05) is 31.2 Å². The fourth-order valence-electron chi connectivity index (χ4n) is 1.69. The van der Waals surface area contributed by atoms with Gasteiger partial charge in [-0.25, -0.2) is 4.98 Å². The maximum atomic E-state index is 11.7. The average Bonchev–Trinajstić information content (AvgIpc) is 2.45. The molecular formula is C14H15ClN2O3. The highest BCUT2D eigenvalue weighted by Gasteiger charge is 2.05. The van der Waals surface area contributed by atoms with Crippen LogP contribution in [0.5, 0.6) is 11.5 Å². The Labute approximate surface area is 121 Å². The standard InChI is InChI=1S/C14H15ClN2O3/c1-2-19-11-5-3-4-6-12(11)20-10-9-17-8-7-16-13(15)14(17)18/h3-8H,2,9-10H2,1H3. The lowest BCUT2D eigenvalue weighted by molar-refractivity contribution is 0.265. The van der Waals surface area contributed by atoms with Gasteiger partial charge >= 0.3 is 0 Å². The fraction of sp³-hybridized carbons (Fsp3) is 0.286. The van der Waals surface area contributed by atoms with Crippen LogP contribution >= 0.6 is 11.6 Å². The number of hydrogen-bond acceptors (Lipinski definition) is 4. The normalized spacial score (nSPS) is 10.3. The van der Waals surface area contributed by atoms with E-state index < -0.39 is 0 Å². The van der Waals surface area contributed by atoms with E-state index in [4.69, 9.17) is 21.1 Å². The predicted octanol–water partition coefficient (Wildman–Crippen LogP) is 2.37. The number of halogens is 1. The van der Waals surface area contributed by atoms with E-state index in [1.165, 1.54) is 10.8 Å². The monoisotopic (exact) mass is 294 g/mol. The highest BCUT2D eigenvalue weighted by Crippen LogP contribution is 2.26. The summed E-state index contributed by atoms with van der Waals surface area (Å²) in [6.45, 7) is 3.21. The molecule has 106 valence electrons. The molecule has 5 nitrogen and oxygen atoms in total. The van der Waals surface area contributed by atoms with Gasteiger partial charge in [0.2, 0.25) is 0 Å².